The molecule has 0 N–H and O–H groups in total. The van der Waals surface area contributed by atoms with Gasteiger partial charge in [0, 0.05) is 17.3 Å². The molecule has 0 unspecified atom stereocenters. The maximum Gasteiger partial charge on any atom is 0.288 e. The standard InChI is InChI=1S/C16H13N3O3/c1-11-14(8-20)13-7-17-10-18-15(13)19(16(11)21)22-9-12-5-3-2-4-6-12/h2-8,10H,9H2,1H3. The van der Waals surface area contributed by atoms with Crippen molar-refractivity contribution >= 4 is 17.3 Å². The molecule has 0 aliphatic carbocycles. The molecule has 0 atom stereocenters. The summed E-state index contributed by atoms with van der Waals surface area (Å²) in [6.45, 7) is 1.81. The Hall–Kier alpha value is -3.02. The largest absolute Gasteiger partial charge is 0.404 e. The summed E-state index contributed by atoms with van der Waals surface area (Å²) < 4.78 is 1.12. The summed E-state index contributed by atoms with van der Waals surface area (Å²) in [6.07, 6.45) is 3.46. The van der Waals surface area contributed by atoms with Gasteiger partial charge in [-0.1, -0.05) is 30.3 Å². The number of aldehydes is 1. The minimum atomic E-state index is -0.399. The van der Waals surface area contributed by atoms with Crippen molar-refractivity contribution in [1.82, 2.24) is 14.7 Å². The molecular weight excluding hydrogens is 282 g/mol. The molecule has 0 saturated heterocycles. The van der Waals surface area contributed by atoms with Crippen molar-refractivity contribution < 1.29 is 9.63 Å². The van der Waals surface area contributed by atoms with E-state index in [4.69, 9.17) is 4.84 Å². The fraction of sp³-hybridized carbons (Fsp3) is 0.125. The van der Waals surface area contributed by atoms with Gasteiger partial charge in [-0.25, -0.2) is 9.97 Å². The first-order chi connectivity index (χ1) is 10.7. The highest BCUT2D eigenvalue weighted by Crippen LogP contribution is 2.14. The lowest BCUT2D eigenvalue weighted by atomic mass is 10.1. The molecule has 2 aromatic heterocycles. The molecule has 0 fully saturated rings. The van der Waals surface area contributed by atoms with E-state index < -0.39 is 5.56 Å². The fourth-order valence-corrected chi connectivity index (χ4v) is 2.23. The van der Waals surface area contributed by atoms with Gasteiger partial charge < -0.3 is 4.84 Å². The number of pyridine rings is 1. The molecule has 0 aliphatic rings. The first-order valence-corrected chi connectivity index (χ1v) is 6.70. The van der Waals surface area contributed by atoms with Gasteiger partial charge in [0.15, 0.2) is 11.9 Å². The zero-order valence-corrected chi connectivity index (χ0v) is 11.9. The van der Waals surface area contributed by atoms with Gasteiger partial charge in [0.05, 0.1) is 5.39 Å². The van der Waals surface area contributed by atoms with Crippen LogP contribution in [0.4, 0.5) is 0 Å². The van der Waals surface area contributed by atoms with E-state index in [9.17, 15) is 9.59 Å². The van der Waals surface area contributed by atoms with Gasteiger partial charge in [-0.2, -0.15) is 0 Å². The predicted molar refractivity (Wildman–Crippen MR) is 80.6 cm³/mol. The van der Waals surface area contributed by atoms with Crippen LogP contribution in [-0.4, -0.2) is 21.0 Å². The first kappa shape index (κ1) is 13.9. The van der Waals surface area contributed by atoms with E-state index in [0.717, 1.165) is 10.3 Å². The third kappa shape index (κ3) is 2.35. The third-order valence-corrected chi connectivity index (χ3v) is 3.40. The topological polar surface area (TPSA) is 74.1 Å². The SMILES string of the molecule is Cc1c(C=O)c2cncnc2n(OCc2ccccc2)c1=O. The number of carbonyl (C=O) groups excluding carboxylic acids is 1. The normalized spacial score (nSPS) is 10.6. The van der Waals surface area contributed by atoms with Crippen molar-refractivity contribution in [3.63, 3.8) is 0 Å². The Kier molecular flexibility index (Phi) is 3.65. The molecule has 1 aromatic carbocycles. The highest BCUT2D eigenvalue weighted by molar-refractivity contribution is 5.95. The molecule has 0 amide bonds. The molecule has 0 saturated carbocycles. The summed E-state index contributed by atoms with van der Waals surface area (Å²) in [5.41, 5.74) is 1.41. The van der Waals surface area contributed by atoms with Crippen molar-refractivity contribution in [2.75, 3.05) is 0 Å². The molecule has 0 spiro atoms. The van der Waals surface area contributed by atoms with Crippen molar-refractivity contribution in [2.45, 2.75) is 13.5 Å². The monoisotopic (exact) mass is 295 g/mol. The Morgan fingerprint density at radius 2 is 2.05 bits per heavy atom. The van der Waals surface area contributed by atoms with E-state index in [0.29, 0.717) is 22.8 Å². The van der Waals surface area contributed by atoms with E-state index in [2.05, 4.69) is 9.97 Å². The number of fused-ring (bicyclic) bond motifs is 1. The summed E-state index contributed by atoms with van der Waals surface area (Å²) in [5, 5.41) is 0.489. The second-order valence-corrected chi connectivity index (χ2v) is 4.78. The van der Waals surface area contributed by atoms with Crippen LogP contribution in [0.15, 0.2) is 47.7 Å². The summed E-state index contributed by atoms with van der Waals surface area (Å²) in [6, 6.07) is 9.48. The number of hydrogen-bond donors (Lipinski definition) is 0. The third-order valence-electron chi connectivity index (χ3n) is 3.40. The van der Waals surface area contributed by atoms with Crippen LogP contribution >= 0.6 is 0 Å². The average Bonchev–Trinajstić information content (AvgIpc) is 2.57. The number of benzene rings is 1. The van der Waals surface area contributed by atoms with E-state index in [1.54, 1.807) is 6.92 Å². The molecule has 22 heavy (non-hydrogen) atoms. The van der Waals surface area contributed by atoms with Crippen molar-refractivity contribution in [3.8, 4) is 0 Å². The number of carbonyl (C=O) groups is 1. The smallest absolute Gasteiger partial charge is 0.288 e. The van der Waals surface area contributed by atoms with Gasteiger partial charge in [-0.15, -0.1) is 4.73 Å². The van der Waals surface area contributed by atoms with E-state index in [1.807, 2.05) is 30.3 Å². The quantitative estimate of drug-likeness (QED) is 0.683. The Balaban J connectivity index is 2.11. The zero-order valence-electron chi connectivity index (χ0n) is 11.9. The molecular formula is C16H13N3O3. The van der Waals surface area contributed by atoms with Crippen molar-refractivity contribution in [1.29, 1.82) is 0 Å². The summed E-state index contributed by atoms with van der Waals surface area (Å²) >= 11 is 0. The van der Waals surface area contributed by atoms with Gasteiger partial charge in [0.2, 0.25) is 0 Å². The van der Waals surface area contributed by atoms with E-state index in [-0.39, 0.29) is 12.3 Å². The Bertz CT molecular complexity index is 888. The van der Waals surface area contributed by atoms with Gasteiger partial charge >= 0.3 is 0 Å². The van der Waals surface area contributed by atoms with Crippen molar-refractivity contribution in [2.24, 2.45) is 0 Å². The van der Waals surface area contributed by atoms with Crippen LogP contribution in [0.3, 0.4) is 0 Å². The lowest BCUT2D eigenvalue weighted by Gasteiger charge is -2.13. The number of aromatic nitrogens is 3. The van der Waals surface area contributed by atoms with Crippen LogP contribution in [0.5, 0.6) is 0 Å². The molecule has 0 radical (unpaired) electrons. The second kappa shape index (κ2) is 5.77. The van der Waals surface area contributed by atoms with Crippen LogP contribution in [0.25, 0.3) is 11.0 Å². The van der Waals surface area contributed by atoms with Gasteiger partial charge in [0.25, 0.3) is 5.56 Å². The molecule has 6 heteroatoms. The second-order valence-electron chi connectivity index (χ2n) is 4.78. The van der Waals surface area contributed by atoms with Gasteiger partial charge in [0.1, 0.15) is 12.9 Å². The maximum absolute atomic E-state index is 12.4. The van der Waals surface area contributed by atoms with Gasteiger partial charge in [-0.3, -0.25) is 9.59 Å². The Morgan fingerprint density at radius 1 is 1.27 bits per heavy atom. The van der Waals surface area contributed by atoms with Crippen LogP contribution in [0, 0.1) is 6.92 Å². The number of rotatable bonds is 4. The minimum absolute atomic E-state index is 0.222. The summed E-state index contributed by atoms with van der Waals surface area (Å²) in [7, 11) is 0. The number of nitrogens with zero attached hydrogens (tertiary/aromatic N) is 3. The first-order valence-electron chi connectivity index (χ1n) is 6.70. The lowest BCUT2D eigenvalue weighted by Crippen LogP contribution is -2.30. The Morgan fingerprint density at radius 3 is 2.77 bits per heavy atom. The molecule has 3 rings (SSSR count). The molecule has 2 heterocycles. The molecule has 6 nitrogen and oxygen atoms in total. The minimum Gasteiger partial charge on any atom is -0.404 e. The van der Waals surface area contributed by atoms with Crippen molar-refractivity contribution in [3.05, 3.63) is 69.9 Å². The van der Waals surface area contributed by atoms with Crippen LogP contribution in [0.2, 0.25) is 0 Å². The molecule has 3 aromatic rings. The summed E-state index contributed by atoms with van der Waals surface area (Å²) in [5.74, 6) is 0. The molecule has 0 aliphatic heterocycles. The predicted octanol–water partition coefficient (Wildman–Crippen LogP) is 1.54. The van der Waals surface area contributed by atoms with Crippen LogP contribution < -0.4 is 10.4 Å². The van der Waals surface area contributed by atoms with Gasteiger partial charge in [-0.05, 0) is 12.5 Å². The lowest BCUT2D eigenvalue weighted by molar-refractivity contribution is 0.0971. The highest BCUT2D eigenvalue weighted by atomic mass is 16.7. The zero-order chi connectivity index (χ0) is 15.5. The number of hydrogen-bond acceptors (Lipinski definition) is 5. The maximum atomic E-state index is 12.4. The van der Waals surface area contributed by atoms with E-state index >= 15 is 0 Å². The summed E-state index contributed by atoms with van der Waals surface area (Å²) in [4.78, 5) is 37.2. The van der Waals surface area contributed by atoms with Crippen LogP contribution in [0.1, 0.15) is 21.5 Å². The Labute approximate surface area is 126 Å². The van der Waals surface area contributed by atoms with E-state index in [1.165, 1.54) is 12.5 Å². The highest BCUT2D eigenvalue weighted by Gasteiger charge is 2.15. The molecule has 0 bridgehead atoms. The molecule has 110 valence electrons. The average molecular weight is 295 g/mol. The fourth-order valence-electron chi connectivity index (χ4n) is 2.23. The van der Waals surface area contributed by atoms with Crippen LogP contribution in [-0.2, 0) is 6.61 Å².